The Bertz CT molecular complexity index is 2450. The number of carbonyl (C=O) groups is 2. The van der Waals surface area contributed by atoms with Crippen LogP contribution in [-0.2, 0) is 22.7 Å². The lowest BCUT2D eigenvalue weighted by Crippen LogP contribution is -2.33. The Balaban J connectivity index is 0.000000167. The summed E-state index contributed by atoms with van der Waals surface area (Å²) in [6, 6.07) is 44.4. The van der Waals surface area contributed by atoms with Gasteiger partial charge in [0.1, 0.15) is 10.0 Å². The van der Waals surface area contributed by atoms with E-state index in [1.54, 1.807) is 22.7 Å². The van der Waals surface area contributed by atoms with Crippen molar-refractivity contribution >= 4 is 50.4 Å². The highest BCUT2D eigenvalue weighted by atomic mass is 79.9. The van der Waals surface area contributed by atoms with Crippen LogP contribution in [0.25, 0.3) is 32.3 Å². The Kier molecular flexibility index (Phi) is 13.5. The smallest absolute Gasteiger partial charge is 0.223 e. The SMILES string of the molecule is O=C1CCCCC(c2ccccc2-c2ccccc2)N1Cc1cccc(-c2nccs2)c1.O=C1CCCCC(c2ccccc2Br)N1Cc1cccc(-c2nccs2)c1. The third kappa shape index (κ3) is 9.98. The first-order valence-electron chi connectivity index (χ1n) is 20.5. The van der Waals surface area contributed by atoms with Gasteiger partial charge in [-0.15, -0.1) is 22.7 Å². The number of likely N-dealkylation sites (tertiary alicyclic amines) is 2. The predicted octanol–water partition coefficient (Wildman–Crippen LogP) is 13.3. The third-order valence-corrected chi connectivity index (χ3v) is 13.6. The molecule has 4 heterocycles. The van der Waals surface area contributed by atoms with Gasteiger partial charge in [-0.3, -0.25) is 9.59 Å². The minimum absolute atomic E-state index is 0.0740. The molecular formula is C50H47BrN4O2S2. The van der Waals surface area contributed by atoms with Gasteiger partial charge in [-0.05, 0) is 77.3 Å². The van der Waals surface area contributed by atoms with E-state index >= 15 is 0 Å². The molecule has 2 aromatic heterocycles. The van der Waals surface area contributed by atoms with Crippen LogP contribution in [0.1, 0.15) is 85.7 Å². The summed E-state index contributed by atoms with van der Waals surface area (Å²) in [5.41, 5.74) is 9.38. The van der Waals surface area contributed by atoms with Crippen molar-refractivity contribution in [2.24, 2.45) is 0 Å². The van der Waals surface area contributed by atoms with Gasteiger partial charge in [-0.25, -0.2) is 9.97 Å². The second kappa shape index (κ2) is 19.7. The van der Waals surface area contributed by atoms with E-state index in [4.69, 9.17) is 0 Å². The molecule has 9 rings (SSSR count). The van der Waals surface area contributed by atoms with Gasteiger partial charge in [0.15, 0.2) is 0 Å². The van der Waals surface area contributed by atoms with Crippen molar-refractivity contribution in [1.82, 2.24) is 19.8 Å². The van der Waals surface area contributed by atoms with Crippen LogP contribution < -0.4 is 0 Å². The molecule has 2 amide bonds. The first-order valence-corrected chi connectivity index (χ1v) is 23.0. The van der Waals surface area contributed by atoms with Gasteiger partial charge < -0.3 is 9.80 Å². The van der Waals surface area contributed by atoms with E-state index in [2.05, 4.69) is 151 Å². The van der Waals surface area contributed by atoms with Crippen LogP contribution in [0.4, 0.5) is 0 Å². The van der Waals surface area contributed by atoms with E-state index in [1.165, 1.54) is 22.3 Å². The minimum Gasteiger partial charge on any atom is -0.331 e. The molecule has 2 aliphatic heterocycles. The first-order chi connectivity index (χ1) is 29.0. The predicted molar refractivity (Wildman–Crippen MR) is 245 cm³/mol. The van der Waals surface area contributed by atoms with Crippen molar-refractivity contribution < 1.29 is 9.59 Å². The third-order valence-electron chi connectivity index (χ3n) is 11.2. The maximum atomic E-state index is 13.3. The molecule has 5 aromatic carbocycles. The van der Waals surface area contributed by atoms with Crippen LogP contribution in [0, 0.1) is 0 Å². The summed E-state index contributed by atoms with van der Waals surface area (Å²) < 4.78 is 1.08. The van der Waals surface area contributed by atoms with E-state index < -0.39 is 0 Å². The van der Waals surface area contributed by atoms with Gasteiger partial charge >= 0.3 is 0 Å². The molecule has 59 heavy (non-hydrogen) atoms. The molecule has 2 atom stereocenters. The molecule has 0 bridgehead atoms. The van der Waals surface area contributed by atoms with E-state index in [0.717, 1.165) is 75.3 Å². The molecule has 0 spiro atoms. The van der Waals surface area contributed by atoms with Gasteiger partial charge in [-0.2, -0.15) is 0 Å². The molecule has 9 heteroatoms. The maximum absolute atomic E-state index is 13.3. The fourth-order valence-electron chi connectivity index (χ4n) is 8.36. The number of hydrogen-bond acceptors (Lipinski definition) is 6. The molecule has 0 radical (unpaired) electrons. The van der Waals surface area contributed by atoms with E-state index in [1.807, 2.05) is 35.3 Å². The van der Waals surface area contributed by atoms with Crippen LogP contribution in [-0.4, -0.2) is 31.6 Å². The molecule has 0 aliphatic carbocycles. The Hall–Kier alpha value is -5.22. The van der Waals surface area contributed by atoms with Gasteiger partial charge in [0.25, 0.3) is 0 Å². The highest BCUT2D eigenvalue weighted by Crippen LogP contribution is 2.39. The van der Waals surface area contributed by atoms with Crippen molar-refractivity contribution in [1.29, 1.82) is 0 Å². The molecule has 298 valence electrons. The first kappa shape index (κ1) is 40.6. The Morgan fingerprint density at radius 2 is 1.03 bits per heavy atom. The van der Waals surface area contributed by atoms with Crippen molar-refractivity contribution in [3.05, 3.63) is 177 Å². The van der Waals surface area contributed by atoms with Gasteiger partial charge in [0.2, 0.25) is 11.8 Å². The summed E-state index contributed by atoms with van der Waals surface area (Å²) in [5.74, 6) is 0.489. The number of benzene rings is 5. The van der Waals surface area contributed by atoms with Gasteiger partial charge in [0.05, 0.1) is 12.1 Å². The van der Waals surface area contributed by atoms with Gasteiger partial charge in [-0.1, -0.05) is 138 Å². The highest BCUT2D eigenvalue weighted by molar-refractivity contribution is 9.10. The fraction of sp³-hybridized carbons (Fsp3) is 0.240. The summed E-state index contributed by atoms with van der Waals surface area (Å²) in [4.78, 5) is 39.2. The lowest BCUT2D eigenvalue weighted by Gasteiger charge is -2.32. The number of nitrogens with zero attached hydrogens (tertiary/aromatic N) is 4. The second-order valence-corrected chi connectivity index (χ2v) is 17.8. The zero-order valence-electron chi connectivity index (χ0n) is 33.0. The number of rotatable bonds is 9. The molecule has 2 fully saturated rings. The summed E-state index contributed by atoms with van der Waals surface area (Å²) in [5, 5.41) is 6.02. The van der Waals surface area contributed by atoms with E-state index in [-0.39, 0.29) is 23.9 Å². The Morgan fingerprint density at radius 3 is 1.58 bits per heavy atom. The van der Waals surface area contributed by atoms with Gasteiger partial charge in [0, 0.05) is 64.7 Å². The molecule has 0 saturated carbocycles. The number of thiazole rings is 2. The van der Waals surface area contributed by atoms with Crippen LogP contribution >= 0.6 is 38.6 Å². The Labute approximate surface area is 363 Å². The maximum Gasteiger partial charge on any atom is 0.223 e. The number of aromatic nitrogens is 2. The summed E-state index contributed by atoms with van der Waals surface area (Å²) in [6.07, 6.45) is 11.0. The second-order valence-electron chi connectivity index (χ2n) is 15.1. The van der Waals surface area contributed by atoms with E-state index in [0.29, 0.717) is 25.9 Å². The highest BCUT2D eigenvalue weighted by Gasteiger charge is 2.30. The molecule has 2 aliphatic rings. The zero-order valence-corrected chi connectivity index (χ0v) is 36.2. The number of halogens is 1. The lowest BCUT2D eigenvalue weighted by atomic mass is 9.91. The van der Waals surface area contributed by atoms with Crippen molar-refractivity contribution in [2.45, 2.75) is 76.5 Å². The van der Waals surface area contributed by atoms with Crippen molar-refractivity contribution in [2.75, 3.05) is 0 Å². The molecule has 2 saturated heterocycles. The van der Waals surface area contributed by atoms with E-state index in [9.17, 15) is 9.59 Å². The normalized spacial score (nSPS) is 17.2. The van der Waals surface area contributed by atoms with Crippen LogP contribution in [0.2, 0.25) is 0 Å². The number of amides is 2. The summed E-state index contributed by atoms with van der Waals surface area (Å²) in [7, 11) is 0. The molecule has 0 N–H and O–H groups in total. The average Bonchev–Trinajstić information content (AvgIpc) is 3.97. The van der Waals surface area contributed by atoms with Crippen LogP contribution in [0.3, 0.4) is 0 Å². The quantitative estimate of drug-likeness (QED) is 0.145. The standard InChI is InChI=1S/C28H26N2OS.C22H21BrN2OS/c31-27-16-7-6-15-26(25-14-5-4-13-24(25)22-10-2-1-3-11-22)30(27)20-21-9-8-12-23(19-21)28-29-17-18-32-28;23-19-9-2-1-8-18(19)20-10-3-4-11-21(26)25(20)15-16-6-5-7-17(14-16)22-24-12-13-27-22/h1-5,8-14,17-19,26H,6-7,15-16,20H2;1-2,5-9,12-14,20H,3-4,10-11,15H2. The summed E-state index contributed by atoms with van der Waals surface area (Å²) >= 11 is 6.96. The molecule has 2 unspecified atom stereocenters. The van der Waals surface area contributed by atoms with Crippen LogP contribution in [0.5, 0.6) is 0 Å². The average molecular weight is 880 g/mol. The minimum atomic E-state index is 0.0740. The van der Waals surface area contributed by atoms with Crippen molar-refractivity contribution in [3.8, 4) is 32.3 Å². The number of hydrogen-bond donors (Lipinski definition) is 0. The molecule has 6 nitrogen and oxygen atoms in total. The zero-order chi connectivity index (χ0) is 40.4. The Morgan fingerprint density at radius 1 is 0.542 bits per heavy atom. The molecular weight excluding hydrogens is 833 g/mol. The fourth-order valence-corrected chi connectivity index (χ4v) is 10.2. The molecule has 7 aromatic rings. The topological polar surface area (TPSA) is 66.4 Å². The van der Waals surface area contributed by atoms with Crippen LogP contribution in [0.15, 0.2) is 155 Å². The number of carbonyl (C=O) groups excluding carboxylic acids is 2. The van der Waals surface area contributed by atoms with Crippen molar-refractivity contribution in [3.63, 3.8) is 0 Å². The largest absolute Gasteiger partial charge is 0.331 e. The monoisotopic (exact) mass is 878 g/mol. The summed E-state index contributed by atoms with van der Waals surface area (Å²) in [6.45, 7) is 1.25. The lowest BCUT2D eigenvalue weighted by molar-refractivity contribution is -0.134.